The molecule has 7 nitrogen and oxygen atoms in total. The second-order valence-electron chi connectivity index (χ2n) is 4.37. The van der Waals surface area contributed by atoms with Crippen LogP contribution in [-0.4, -0.2) is 59.6 Å². The highest BCUT2D eigenvalue weighted by molar-refractivity contribution is 6.03. The molecule has 1 unspecified atom stereocenters. The van der Waals surface area contributed by atoms with Crippen LogP contribution in [-0.2, 0) is 19.1 Å². The van der Waals surface area contributed by atoms with Gasteiger partial charge in [-0.3, -0.25) is 24.6 Å². The number of rotatable bonds is 4. The normalized spacial score (nSPS) is 22.1. The van der Waals surface area contributed by atoms with Crippen molar-refractivity contribution in [1.29, 1.82) is 0 Å². The van der Waals surface area contributed by atoms with Crippen LogP contribution in [0.5, 0.6) is 0 Å². The summed E-state index contributed by atoms with van der Waals surface area (Å²) in [5.74, 6) is -2.13. The number of hydrogen-bond donors (Lipinski definition) is 2. The van der Waals surface area contributed by atoms with Crippen molar-refractivity contribution >= 4 is 17.8 Å². The maximum absolute atomic E-state index is 11.7. The van der Waals surface area contributed by atoms with E-state index < -0.39 is 29.4 Å². The summed E-state index contributed by atoms with van der Waals surface area (Å²) >= 11 is 0. The van der Waals surface area contributed by atoms with Gasteiger partial charge in [-0.25, -0.2) is 0 Å². The summed E-state index contributed by atoms with van der Waals surface area (Å²) in [4.78, 5) is 35.4. The third-order valence-electron chi connectivity index (χ3n) is 2.83. The molecule has 1 rings (SSSR count). The number of aliphatic carboxylic acids is 1. The van der Waals surface area contributed by atoms with Crippen molar-refractivity contribution in [2.45, 2.75) is 25.4 Å². The maximum atomic E-state index is 11.7. The lowest BCUT2D eigenvalue weighted by Crippen LogP contribution is -2.68. The third-order valence-corrected chi connectivity index (χ3v) is 2.83. The van der Waals surface area contributed by atoms with Gasteiger partial charge in [-0.2, -0.15) is 0 Å². The lowest BCUT2D eigenvalue weighted by Gasteiger charge is -2.42. The van der Waals surface area contributed by atoms with Crippen molar-refractivity contribution in [2.75, 3.05) is 20.3 Å². The van der Waals surface area contributed by atoms with E-state index in [4.69, 9.17) is 9.84 Å². The van der Waals surface area contributed by atoms with Crippen molar-refractivity contribution in [1.82, 2.24) is 10.2 Å². The number of carbonyl (C=O) groups is 3. The van der Waals surface area contributed by atoms with Gasteiger partial charge < -0.3 is 9.84 Å². The van der Waals surface area contributed by atoms with Gasteiger partial charge in [0.1, 0.15) is 6.04 Å². The smallest absolute Gasteiger partial charge is 0.323 e. The standard InChI is InChI=1S/C10H16N2O5/c1-10(2)9(16)11-7(13)4-12(10)6(5-17-3)8(14)15/h6H,4-5H2,1-3H3,(H,14,15)(H,11,13,16). The van der Waals surface area contributed by atoms with Crippen molar-refractivity contribution in [2.24, 2.45) is 0 Å². The monoisotopic (exact) mass is 244 g/mol. The lowest BCUT2D eigenvalue weighted by atomic mass is 9.96. The number of methoxy groups -OCH3 is 1. The highest BCUT2D eigenvalue weighted by atomic mass is 16.5. The molecule has 96 valence electrons. The maximum Gasteiger partial charge on any atom is 0.323 e. The first-order valence-corrected chi connectivity index (χ1v) is 5.13. The molecule has 2 amide bonds. The topological polar surface area (TPSA) is 95.9 Å². The predicted molar refractivity (Wildman–Crippen MR) is 57.2 cm³/mol. The molecule has 1 atom stereocenters. The van der Waals surface area contributed by atoms with Crippen LogP contribution in [0.4, 0.5) is 0 Å². The number of carboxylic acids is 1. The van der Waals surface area contributed by atoms with Crippen LogP contribution in [0.25, 0.3) is 0 Å². The van der Waals surface area contributed by atoms with E-state index in [0.29, 0.717) is 0 Å². The third kappa shape index (κ3) is 2.62. The van der Waals surface area contributed by atoms with Crippen LogP contribution in [0.2, 0.25) is 0 Å². The number of ether oxygens (including phenoxy) is 1. The molecule has 0 aliphatic carbocycles. The Hall–Kier alpha value is -1.47. The van der Waals surface area contributed by atoms with Crippen molar-refractivity contribution in [3.8, 4) is 0 Å². The zero-order valence-corrected chi connectivity index (χ0v) is 10.0. The summed E-state index contributed by atoms with van der Waals surface area (Å²) < 4.78 is 4.82. The summed E-state index contributed by atoms with van der Waals surface area (Å²) in [6.07, 6.45) is 0. The second kappa shape index (κ2) is 4.80. The van der Waals surface area contributed by atoms with E-state index >= 15 is 0 Å². The number of nitrogens with one attached hydrogen (secondary N) is 1. The largest absolute Gasteiger partial charge is 0.480 e. The number of imide groups is 1. The van der Waals surface area contributed by atoms with Crippen LogP contribution < -0.4 is 5.32 Å². The number of carboxylic acid groups (broad SMARTS) is 1. The zero-order valence-electron chi connectivity index (χ0n) is 10.0. The van der Waals surface area contributed by atoms with E-state index in [-0.39, 0.29) is 13.2 Å². The number of hydrogen-bond acceptors (Lipinski definition) is 5. The Morgan fingerprint density at radius 3 is 2.65 bits per heavy atom. The summed E-state index contributed by atoms with van der Waals surface area (Å²) in [5, 5.41) is 11.3. The van der Waals surface area contributed by atoms with Gasteiger partial charge in [0.25, 0.3) is 0 Å². The number of piperazine rings is 1. The van der Waals surface area contributed by atoms with Gasteiger partial charge in [-0.1, -0.05) is 0 Å². The molecule has 1 aliphatic rings. The Balaban J connectivity index is 3.01. The minimum absolute atomic E-state index is 0.0840. The molecular weight excluding hydrogens is 228 g/mol. The first-order valence-electron chi connectivity index (χ1n) is 5.13. The predicted octanol–water partition coefficient (Wildman–Crippen LogP) is -1.18. The molecule has 2 N–H and O–H groups in total. The molecule has 1 aliphatic heterocycles. The highest BCUT2D eigenvalue weighted by Crippen LogP contribution is 2.21. The Labute approximate surface area is 98.7 Å². The number of nitrogens with zero attached hydrogens (tertiary/aromatic N) is 1. The van der Waals surface area contributed by atoms with Crippen LogP contribution >= 0.6 is 0 Å². The van der Waals surface area contributed by atoms with Crippen molar-refractivity contribution in [3.63, 3.8) is 0 Å². The molecule has 0 aromatic heterocycles. The minimum Gasteiger partial charge on any atom is -0.480 e. The fourth-order valence-electron chi connectivity index (χ4n) is 1.75. The second-order valence-corrected chi connectivity index (χ2v) is 4.37. The van der Waals surface area contributed by atoms with Crippen LogP contribution in [0, 0.1) is 0 Å². The van der Waals surface area contributed by atoms with Gasteiger partial charge in [-0.05, 0) is 13.8 Å². The van der Waals surface area contributed by atoms with E-state index in [9.17, 15) is 14.4 Å². The van der Waals surface area contributed by atoms with E-state index in [1.165, 1.54) is 12.0 Å². The highest BCUT2D eigenvalue weighted by Gasteiger charge is 2.46. The zero-order chi connectivity index (χ0) is 13.2. The molecule has 0 aromatic rings. The van der Waals surface area contributed by atoms with E-state index in [1.54, 1.807) is 13.8 Å². The molecule has 0 spiro atoms. The summed E-state index contributed by atoms with van der Waals surface area (Å²) in [5.41, 5.74) is -1.06. The fourth-order valence-corrected chi connectivity index (χ4v) is 1.75. The molecule has 7 heteroatoms. The fraction of sp³-hybridized carbons (Fsp3) is 0.700. The van der Waals surface area contributed by atoms with Crippen LogP contribution in [0.1, 0.15) is 13.8 Å². The Kier molecular flexibility index (Phi) is 3.84. The Morgan fingerprint density at radius 2 is 2.18 bits per heavy atom. The van der Waals surface area contributed by atoms with Gasteiger partial charge in [0.2, 0.25) is 11.8 Å². The summed E-state index contributed by atoms with van der Waals surface area (Å²) in [7, 11) is 1.37. The Morgan fingerprint density at radius 1 is 1.59 bits per heavy atom. The van der Waals surface area contributed by atoms with Crippen LogP contribution in [0.15, 0.2) is 0 Å². The molecule has 17 heavy (non-hydrogen) atoms. The molecule has 0 aromatic carbocycles. The van der Waals surface area contributed by atoms with E-state index in [2.05, 4.69) is 5.32 Å². The summed E-state index contributed by atoms with van der Waals surface area (Å²) in [6.45, 7) is 2.92. The molecule has 0 bridgehead atoms. The van der Waals surface area contributed by atoms with E-state index in [1.807, 2.05) is 0 Å². The lowest BCUT2D eigenvalue weighted by molar-refractivity contribution is -0.157. The number of carbonyl (C=O) groups excluding carboxylic acids is 2. The van der Waals surface area contributed by atoms with Gasteiger partial charge in [-0.15, -0.1) is 0 Å². The van der Waals surface area contributed by atoms with Crippen molar-refractivity contribution < 1.29 is 24.2 Å². The number of amides is 2. The minimum atomic E-state index is -1.12. The van der Waals surface area contributed by atoms with Gasteiger partial charge in [0.05, 0.1) is 18.7 Å². The van der Waals surface area contributed by atoms with Gasteiger partial charge >= 0.3 is 5.97 Å². The van der Waals surface area contributed by atoms with Gasteiger partial charge in [0.15, 0.2) is 0 Å². The molecular formula is C10H16N2O5. The molecule has 1 heterocycles. The van der Waals surface area contributed by atoms with Crippen molar-refractivity contribution in [3.05, 3.63) is 0 Å². The quantitative estimate of drug-likeness (QED) is 0.604. The average Bonchev–Trinajstić information content (AvgIpc) is 2.20. The first-order chi connectivity index (χ1) is 7.80. The Bertz CT molecular complexity index is 353. The molecule has 1 fully saturated rings. The summed E-state index contributed by atoms with van der Waals surface area (Å²) in [6, 6.07) is -1.02. The van der Waals surface area contributed by atoms with Gasteiger partial charge in [0, 0.05) is 7.11 Å². The first kappa shape index (κ1) is 13.6. The van der Waals surface area contributed by atoms with Crippen LogP contribution in [0.3, 0.4) is 0 Å². The van der Waals surface area contributed by atoms with E-state index in [0.717, 1.165) is 0 Å². The molecule has 0 saturated carbocycles. The SMILES string of the molecule is COCC(C(=O)O)N1CC(=O)NC(=O)C1(C)C. The molecule has 0 radical (unpaired) electrons. The average molecular weight is 244 g/mol. The molecule has 1 saturated heterocycles.